The molecular formula is C22H26N4O4. The molecule has 1 aliphatic heterocycles. The van der Waals surface area contributed by atoms with Gasteiger partial charge in [0.25, 0.3) is 5.91 Å². The van der Waals surface area contributed by atoms with E-state index >= 15 is 0 Å². The molecule has 4 rings (SSSR count). The van der Waals surface area contributed by atoms with E-state index in [0.717, 1.165) is 49.1 Å². The zero-order chi connectivity index (χ0) is 20.9. The van der Waals surface area contributed by atoms with Crippen LogP contribution in [0.5, 0.6) is 11.5 Å². The number of carbonyl (C=O) groups is 1. The van der Waals surface area contributed by atoms with E-state index in [0.29, 0.717) is 29.5 Å². The van der Waals surface area contributed by atoms with E-state index in [1.807, 2.05) is 12.1 Å². The molecule has 0 radical (unpaired) electrons. The number of para-hydroxylation sites is 1. The Morgan fingerprint density at radius 3 is 2.90 bits per heavy atom. The van der Waals surface area contributed by atoms with E-state index in [2.05, 4.69) is 26.6 Å². The zero-order valence-electron chi connectivity index (χ0n) is 17.3. The summed E-state index contributed by atoms with van der Waals surface area (Å²) in [7, 11) is 3.10. The molecule has 1 aromatic heterocycles. The average molecular weight is 410 g/mol. The number of aromatic nitrogens is 2. The molecule has 1 aliphatic rings. The van der Waals surface area contributed by atoms with E-state index in [4.69, 9.17) is 14.1 Å². The number of hydrogen-bond acceptors (Lipinski definition) is 7. The molecule has 158 valence electrons. The number of ether oxygens (including phenoxy) is 2. The molecule has 0 spiro atoms. The molecule has 0 aliphatic carbocycles. The maximum atomic E-state index is 12.7. The summed E-state index contributed by atoms with van der Waals surface area (Å²) in [5.74, 6) is 1.23. The smallest absolute Gasteiger partial charge is 0.255 e. The number of rotatable bonds is 7. The van der Waals surface area contributed by atoms with Crippen LogP contribution in [0.4, 0.5) is 0 Å². The van der Waals surface area contributed by atoms with Crippen molar-refractivity contribution in [1.29, 1.82) is 0 Å². The van der Waals surface area contributed by atoms with Gasteiger partial charge in [0.2, 0.25) is 0 Å². The molecule has 1 amide bonds. The molecule has 1 atom stereocenters. The van der Waals surface area contributed by atoms with Gasteiger partial charge in [-0.05, 0) is 59.4 Å². The lowest BCUT2D eigenvalue weighted by molar-refractivity contribution is 0.0927. The summed E-state index contributed by atoms with van der Waals surface area (Å²) < 4.78 is 15.5. The first-order valence-electron chi connectivity index (χ1n) is 10.1. The van der Waals surface area contributed by atoms with Gasteiger partial charge in [-0.25, -0.2) is 4.63 Å². The second kappa shape index (κ2) is 9.13. The zero-order valence-corrected chi connectivity index (χ0v) is 17.3. The second-order valence-electron chi connectivity index (χ2n) is 7.54. The monoisotopic (exact) mass is 410 g/mol. The number of benzene rings is 2. The third kappa shape index (κ3) is 4.23. The van der Waals surface area contributed by atoms with Crippen molar-refractivity contribution in [2.24, 2.45) is 5.92 Å². The highest BCUT2D eigenvalue weighted by Crippen LogP contribution is 2.30. The van der Waals surface area contributed by atoms with Crippen LogP contribution in [0.1, 0.15) is 28.8 Å². The quantitative estimate of drug-likeness (QED) is 0.640. The molecular weight excluding hydrogens is 384 g/mol. The van der Waals surface area contributed by atoms with E-state index in [1.165, 1.54) is 0 Å². The molecule has 0 bridgehead atoms. The minimum atomic E-state index is -0.152. The third-order valence-electron chi connectivity index (χ3n) is 5.57. The third-order valence-corrected chi connectivity index (χ3v) is 5.57. The maximum Gasteiger partial charge on any atom is 0.255 e. The van der Waals surface area contributed by atoms with Crippen LogP contribution < -0.4 is 14.8 Å². The van der Waals surface area contributed by atoms with Crippen molar-refractivity contribution in [2.45, 2.75) is 19.4 Å². The first-order valence-corrected chi connectivity index (χ1v) is 10.1. The van der Waals surface area contributed by atoms with Crippen molar-refractivity contribution in [1.82, 2.24) is 20.5 Å². The van der Waals surface area contributed by atoms with Crippen molar-refractivity contribution >= 4 is 16.9 Å². The van der Waals surface area contributed by atoms with Gasteiger partial charge in [-0.2, -0.15) is 0 Å². The van der Waals surface area contributed by atoms with Crippen molar-refractivity contribution in [3.63, 3.8) is 0 Å². The van der Waals surface area contributed by atoms with E-state index in [-0.39, 0.29) is 5.91 Å². The fourth-order valence-corrected chi connectivity index (χ4v) is 4.09. The van der Waals surface area contributed by atoms with Gasteiger partial charge in [-0.15, -0.1) is 0 Å². The Kier molecular flexibility index (Phi) is 6.13. The fourth-order valence-electron chi connectivity index (χ4n) is 4.09. The summed E-state index contributed by atoms with van der Waals surface area (Å²) in [5.41, 5.74) is 3.19. The Labute approximate surface area is 175 Å². The van der Waals surface area contributed by atoms with Gasteiger partial charge >= 0.3 is 0 Å². The first-order chi connectivity index (χ1) is 14.7. The number of nitrogens with zero attached hydrogens (tertiary/aromatic N) is 3. The number of fused-ring (bicyclic) bond motifs is 1. The van der Waals surface area contributed by atoms with Gasteiger partial charge in [-0.3, -0.25) is 9.69 Å². The Balaban J connectivity index is 1.37. The molecule has 1 saturated heterocycles. The van der Waals surface area contributed by atoms with Crippen LogP contribution in [0.25, 0.3) is 11.0 Å². The molecule has 3 aromatic rings. The molecule has 8 nitrogen and oxygen atoms in total. The van der Waals surface area contributed by atoms with Gasteiger partial charge in [-0.1, -0.05) is 18.2 Å². The summed E-state index contributed by atoms with van der Waals surface area (Å²) in [5, 5.41) is 11.0. The second-order valence-corrected chi connectivity index (χ2v) is 7.54. The largest absolute Gasteiger partial charge is 0.493 e. The Morgan fingerprint density at radius 2 is 2.07 bits per heavy atom. The van der Waals surface area contributed by atoms with Crippen LogP contribution in [0.3, 0.4) is 0 Å². The minimum absolute atomic E-state index is 0.152. The molecule has 1 N–H and O–H groups in total. The summed E-state index contributed by atoms with van der Waals surface area (Å²) >= 11 is 0. The van der Waals surface area contributed by atoms with E-state index in [1.54, 1.807) is 32.4 Å². The van der Waals surface area contributed by atoms with Crippen LogP contribution in [0.15, 0.2) is 41.0 Å². The molecule has 30 heavy (non-hydrogen) atoms. The van der Waals surface area contributed by atoms with Gasteiger partial charge in [0.15, 0.2) is 11.5 Å². The normalized spacial score (nSPS) is 17.1. The lowest BCUT2D eigenvalue weighted by Gasteiger charge is -2.32. The highest BCUT2D eigenvalue weighted by atomic mass is 16.6. The van der Waals surface area contributed by atoms with Crippen LogP contribution in [-0.2, 0) is 6.54 Å². The predicted molar refractivity (Wildman–Crippen MR) is 112 cm³/mol. The lowest BCUT2D eigenvalue weighted by atomic mass is 9.97. The Bertz CT molecular complexity index is 1020. The summed E-state index contributed by atoms with van der Waals surface area (Å²) in [6.45, 7) is 3.35. The van der Waals surface area contributed by atoms with Crippen LogP contribution in [-0.4, -0.2) is 55.0 Å². The van der Waals surface area contributed by atoms with Crippen LogP contribution in [0.2, 0.25) is 0 Å². The molecule has 8 heteroatoms. The van der Waals surface area contributed by atoms with Gasteiger partial charge in [0.1, 0.15) is 11.0 Å². The van der Waals surface area contributed by atoms with Crippen LogP contribution >= 0.6 is 0 Å². The maximum absolute atomic E-state index is 12.7. The predicted octanol–water partition coefficient (Wildman–Crippen LogP) is 2.88. The van der Waals surface area contributed by atoms with Crippen molar-refractivity contribution < 1.29 is 18.9 Å². The first kappa shape index (κ1) is 20.2. The number of carbonyl (C=O) groups excluding carboxylic acids is 1. The van der Waals surface area contributed by atoms with Gasteiger partial charge in [0.05, 0.1) is 19.8 Å². The van der Waals surface area contributed by atoms with E-state index < -0.39 is 0 Å². The number of methoxy groups -OCH3 is 2. The Morgan fingerprint density at radius 1 is 1.20 bits per heavy atom. The Hall–Kier alpha value is -3.13. The number of hydrogen-bond donors (Lipinski definition) is 1. The molecule has 0 saturated carbocycles. The number of nitrogens with one attached hydrogen (secondary N) is 1. The summed E-state index contributed by atoms with van der Waals surface area (Å²) in [6.07, 6.45) is 2.18. The van der Waals surface area contributed by atoms with E-state index in [9.17, 15) is 4.79 Å². The lowest BCUT2D eigenvalue weighted by Crippen LogP contribution is -2.40. The highest BCUT2D eigenvalue weighted by Gasteiger charge is 2.23. The van der Waals surface area contributed by atoms with Crippen molar-refractivity contribution in [2.75, 3.05) is 33.9 Å². The number of amides is 1. The average Bonchev–Trinajstić information content (AvgIpc) is 3.27. The van der Waals surface area contributed by atoms with Crippen molar-refractivity contribution in [3.8, 4) is 11.5 Å². The van der Waals surface area contributed by atoms with Crippen molar-refractivity contribution in [3.05, 3.63) is 47.5 Å². The SMILES string of the molecule is COc1cccc(C(=O)NC[C@@H]2CCCN(Cc3cccc4nonc34)C2)c1OC. The molecule has 0 unspecified atom stereocenters. The number of likely N-dealkylation sites (tertiary alicyclic amines) is 1. The molecule has 1 fully saturated rings. The van der Waals surface area contributed by atoms with Crippen LogP contribution in [0, 0.1) is 5.92 Å². The fraction of sp³-hybridized carbons (Fsp3) is 0.409. The molecule has 2 aromatic carbocycles. The standard InChI is InChI=1S/C22H26N4O4/c1-28-19-10-4-8-17(21(19)29-2)22(27)23-12-15-6-5-11-26(13-15)14-16-7-3-9-18-20(16)25-30-24-18/h3-4,7-10,15H,5-6,11-14H2,1-2H3,(H,23,27)/t15-/m0/s1. The minimum Gasteiger partial charge on any atom is -0.493 e. The number of piperidine rings is 1. The summed E-state index contributed by atoms with van der Waals surface area (Å²) in [4.78, 5) is 15.1. The highest BCUT2D eigenvalue weighted by molar-refractivity contribution is 5.97. The van der Waals surface area contributed by atoms with Gasteiger partial charge < -0.3 is 14.8 Å². The molecule has 2 heterocycles. The topological polar surface area (TPSA) is 89.7 Å². The summed E-state index contributed by atoms with van der Waals surface area (Å²) in [6, 6.07) is 11.3. The van der Waals surface area contributed by atoms with Gasteiger partial charge in [0, 0.05) is 19.6 Å².